The molecule has 2 N–H and O–H groups in total. The maximum Gasteiger partial charge on any atom is 0.303 e. The van der Waals surface area contributed by atoms with Gasteiger partial charge in [0.2, 0.25) is 10.0 Å². The number of aromatic nitrogens is 1. The number of nitrogens with one attached hydrogen (secondary N) is 1. The lowest BCUT2D eigenvalue weighted by Gasteiger charge is -2.06. The Hall–Kier alpha value is -1.15. The number of carboxylic acids is 1. The lowest BCUT2D eigenvalue weighted by Crippen LogP contribution is -2.18. The molecule has 17 heavy (non-hydrogen) atoms. The highest BCUT2D eigenvalue weighted by Gasteiger charge is 2.11. The average Bonchev–Trinajstić information content (AvgIpc) is 2.20. The van der Waals surface area contributed by atoms with E-state index in [9.17, 15) is 13.2 Å². The SMILES string of the molecule is O=C(O)CCCS(=O)(=O)Nc1ccc(Br)cn1. The summed E-state index contributed by atoms with van der Waals surface area (Å²) in [5, 5.41) is 8.40. The minimum absolute atomic E-state index is 0.0706. The molecule has 0 aliphatic carbocycles. The van der Waals surface area contributed by atoms with Crippen LogP contribution in [0.15, 0.2) is 22.8 Å². The summed E-state index contributed by atoms with van der Waals surface area (Å²) in [6.45, 7) is 0. The van der Waals surface area contributed by atoms with Gasteiger partial charge in [0.25, 0.3) is 0 Å². The van der Waals surface area contributed by atoms with Crippen molar-refractivity contribution >= 4 is 37.7 Å². The second kappa shape index (κ2) is 5.97. The molecule has 0 saturated heterocycles. The van der Waals surface area contributed by atoms with Crippen molar-refractivity contribution in [1.29, 1.82) is 0 Å². The summed E-state index contributed by atoms with van der Waals surface area (Å²) in [6, 6.07) is 3.17. The number of sulfonamides is 1. The van der Waals surface area contributed by atoms with Crippen LogP contribution < -0.4 is 4.72 Å². The number of anilines is 1. The van der Waals surface area contributed by atoms with Crippen LogP contribution in [0.3, 0.4) is 0 Å². The molecule has 1 heterocycles. The second-order valence-corrected chi connectivity index (χ2v) is 6.04. The van der Waals surface area contributed by atoms with Crippen LogP contribution in [-0.2, 0) is 14.8 Å². The molecule has 0 atom stereocenters. The molecular weight excluding hydrogens is 312 g/mol. The Morgan fingerprint density at radius 3 is 2.71 bits per heavy atom. The van der Waals surface area contributed by atoms with Crippen LogP contribution in [0.25, 0.3) is 0 Å². The molecule has 0 spiro atoms. The topological polar surface area (TPSA) is 96.4 Å². The minimum atomic E-state index is -3.53. The first-order valence-corrected chi connectivity index (χ1v) is 7.17. The zero-order valence-electron chi connectivity index (χ0n) is 8.76. The predicted octanol–water partition coefficient (Wildman–Crippen LogP) is 1.45. The second-order valence-electron chi connectivity index (χ2n) is 3.28. The summed E-state index contributed by atoms with van der Waals surface area (Å²) in [5.74, 6) is -1.04. The third-order valence-electron chi connectivity index (χ3n) is 1.79. The molecule has 0 unspecified atom stereocenters. The average molecular weight is 323 g/mol. The van der Waals surface area contributed by atoms with Crippen molar-refractivity contribution in [3.8, 4) is 0 Å². The molecule has 0 saturated carbocycles. The van der Waals surface area contributed by atoms with Crippen LogP contribution in [0.2, 0.25) is 0 Å². The van der Waals surface area contributed by atoms with Crippen LogP contribution in [0, 0.1) is 0 Å². The van der Waals surface area contributed by atoms with Crippen molar-refractivity contribution in [3.63, 3.8) is 0 Å². The van der Waals surface area contributed by atoms with Gasteiger partial charge >= 0.3 is 5.97 Å². The zero-order chi connectivity index (χ0) is 12.9. The van der Waals surface area contributed by atoms with Gasteiger partial charge in [0.05, 0.1) is 5.75 Å². The van der Waals surface area contributed by atoms with Crippen molar-refractivity contribution in [1.82, 2.24) is 4.98 Å². The molecule has 94 valence electrons. The third-order valence-corrected chi connectivity index (χ3v) is 3.61. The normalized spacial score (nSPS) is 11.1. The highest BCUT2D eigenvalue weighted by atomic mass is 79.9. The Morgan fingerprint density at radius 2 is 2.18 bits per heavy atom. The summed E-state index contributed by atoms with van der Waals surface area (Å²) < 4.78 is 26.0. The van der Waals surface area contributed by atoms with Crippen molar-refractivity contribution < 1.29 is 18.3 Å². The van der Waals surface area contributed by atoms with E-state index >= 15 is 0 Å². The minimum Gasteiger partial charge on any atom is -0.481 e. The monoisotopic (exact) mass is 322 g/mol. The largest absolute Gasteiger partial charge is 0.481 e. The first kappa shape index (κ1) is 13.9. The van der Waals surface area contributed by atoms with E-state index in [1.807, 2.05) is 0 Å². The zero-order valence-corrected chi connectivity index (χ0v) is 11.2. The van der Waals surface area contributed by atoms with E-state index in [1.165, 1.54) is 12.3 Å². The van der Waals surface area contributed by atoms with E-state index in [4.69, 9.17) is 5.11 Å². The van der Waals surface area contributed by atoms with Crippen LogP contribution in [-0.4, -0.2) is 30.2 Å². The summed E-state index contributed by atoms with van der Waals surface area (Å²) in [6.07, 6.45) is 1.37. The molecule has 1 aromatic heterocycles. The Balaban J connectivity index is 2.54. The Morgan fingerprint density at radius 1 is 1.47 bits per heavy atom. The fourth-order valence-corrected chi connectivity index (χ4v) is 2.36. The highest BCUT2D eigenvalue weighted by molar-refractivity contribution is 9.10. The van der Waals surface area contributed by atoms with Gasteiger partial charge in [-0.2, -0.15) is 0 Å². The molecule has 0 fully saturated rings. The van der Waals surface area contributed by atoms with Gasteiger partial charge in [-0.1, -0.05) is 0 Å². The van der Waals surface area contributed by atoms with Crippen LogP contribution >= 0.6 is 15.9 Å². The molecule has 1 rings (SSSR count). The molecule has 0 aromatic carbocycles. The first-order valence-electron chi connectivity index (χ1n) is 4.73. The van der Waals surface area contributed by atoms with Gasteiger partial charge in [0.1, 0.15) is 5.82 Å². The van der Waals surface area contributed by atoms with Gasteiger partial charge in [-0.3, -0.25) is 9.52 Å². The molecule has 1 aromatic rings. The number of rotatable bonds is 6. The number of nitrogens with zero attached hydrogens (tertiary/aromatic N) is 1. The smallest absolute Gasteiger partial charge is 0.303 e. The number of hydrogen-bond acceptors (Lipinski definition) is 4. The molecule has 8 heteroatoms. The first-order chi connectivity index (χ1) is 7.89. The van der Waals surface area contributed by atoms with Crippen molar-refractivity contribution in [2.45, 2.75) is 12.8 Å². The summed E-state index contributed by atoms with van der Waals surface area (Å²) in [5.41, 5.74) is 0. The maximum atomic E-state index is 11.5. The molecule has 0 radical (unpaired) electrons. The predicted molar refractivity (Wildman–Crippen MR) is 66.2 cm³/mol. The van der Waals surface area contributed by atoms with Gasteiger partial charge in [0.15, 0.2) is 0 Å². The van der Waals surface area contributed by atoms with Crippen molar-refractivity contribution in [2.75, 3.05) is 10.5 Å². The highest BCUT2D eigenvalue weighted by Crippen LogP contribution is 2.12. The van der Waals surface area contributed by atoms with Gasteiger partial charge < -0.3 is 5.11 Å². The fourth-order valence-electron chi connectivity index (χ4n) is 1.06. The number of aliphatic carboxylic acids is 1. The Labute approximate surface area is 107 Å². The summed E-state index contributed by atoms with van der Waals surface area (Å²) >= 11 is 3.18. The number of pyridine rings is 1. The van der Waals surface area contributed by atoms with E-state index in [0.29, 0.717) is 0 Å². The number of hydrogen-bond donors (Lipinski definition) is 2. The van der Waals surface area contributed by atoms with Crippen LogP contribution in [0.5, 0.6) is 0 Å². The van der Waals surface area contributed by atoms with Crippen molar-refractivity contribution in [3.05, 3.63) is 22.8 Å². The molecule has 0 amide bonds. The molecule has 0 aliphatic heterocycles. The maximum absolute atomic E-state index is 11.5. The van der Waals surface area contributed by atoms with Crippen LogP contribution in [0.4, 0.5) is 5.82 Å². The molecule has 0 bridgehead atoms. The fraction of sp³-hybridized carbons (Fsp3) is 0.333. The van der Waals surface area contributed by atoms with Crippen molar-refractivity contribution in [2.24, 2.45) is 0 Å². The van der Waals surface area contributed by atoms with E-state index in [0.717, 1.165) is 4.47 Å². The van der Waals surface area contributed by atoms with Gasteiger partial charge in [0, 0.05) is 17.1 Å². The van der Waals surface area contributed by atoms with Crippen LogP contribution in [0.1, 0.15) is 12.8 Å². The number of halogens is 1. The Bertz CT molecular complexity index is 486. The standard InChI is InChI=1S/C9H11BrN2O4S/c10-7-3-4-8(11-6-7)12-17(15,16)5-1-2-9(13)14/h3-4,6H,1-2,5H2,(H,11,12)(H,13,14). The number of carbonyl (C=O) groups is 1. The quantitative estimate of drug-likeness (QED) is 0.826. The summed E-state index contributed by atoms with van der Waals surface area (Å²) in [4.78, 5) is 14.1. The van der Waals surface area contributed by atoms with E-state index < -0.39 is 16.0 Å². The third kappa shape index (κ3) is 5.64. The number of carboxylic acid groups (broad SMARTS) is 1. The molecule has 6 nitrogen and oxygen atoms in total. The summed E-state index contributed by atoms with van der Waals surface area (Å²) in [7, 11) is -3.53. The lowest BCUT2D eigenvalue weighted by atomic mass is 10.3. The van der Waals surface area contributed by atoms with E-state index in [2.05, 4.69) is 25.6 Å². The van der Waals surface area contributed by atoms with Gasteiger partial charge in [-0.25, -0.2) is 13.4 Å². The molecular formula is C9H11BrN2O4S. The van der Waals surface area contributed by atoms with E-state index in [1.54, 1.807) is 6.07 Å². The Kier molecular flexibility index (Phi) is 4.88. The van der Waals surface area contributed by atoms with E-state index in [-0.39, 0.29) is 24.4 Å². The molecule has 0 aliphatic rings. The lowest BCUT2D eigenvalue weighted by molar-refractivity contribution is -0.137. The van der Waals surface area contributed by atoms with Gasteiger partial charge in [-0.15, -0.1) is 0 Å². The van der Waals surface area contributed by atoms with Gasteiger partial charge in [-0.05, 0) is 34.5 Å².